The number of nitrogens with one attached hydrogen (secondary N) is 1. The van der Waals surface area contributed by atoms with E-state index in [4.69, 9.17) is 10.4 Å². The molecule has 0 atom stereocenters. The molecule has 6 heteroatoms. The van der Waals surface area contributed by atoms with Crippen LogP contribution in [0.15, 0.2) is 24.3 Å². The molecule has 1 aromatic carbocycles. The van der Waals surface area contributed by atoms with Gasteiger partial charge in [0.25, 0.3) is 0 Å². The minimum atomic E-state index is -0.0460. The number of anilines is 1. The number of piperazine rings is 1. The van der Waals surface area contributed by atoms with Crippen LogP contribution in [0.2, 0.25) is 0 Å². The van der Waals surface area contributed by atoms with Crippen LogP contribution in [-0.4, -0.2) is 66.7 Å². The minimum absolute atomic E-state index is 0.0460. The van der Waals surface area contributed by atoms with Crippen molar-refractivity contribution in [2.45, 2.75) is 0 Å². The molecule has 21 heavy (non-hydrogen) atoms. The van der Waals surface area contributed by atoms with Gasteiger partial charge in [-0.25, -0.2) is 0 Å². The summed E-state index contributed by atoms with van der Waals surface area (Å²) >= 11 is 0. The summed E-state index contributed by atoms with van der Waals surface area (Å²) in [6.45, 7) is 4.68. The first kappa shape index (κ1) is 15.4. The lowest BCUT2D eigenvalue weighted by atomic mass is 10.2. The lowest BCUT2D eigenvalue weighted by Crippen LogP contribution is -2.49. The molecule has 1 saturated heterocycles. The molecule has 2 rings (SSSR count). The molecule has 1 heterocycles. The smallest absolute Gasteiger partial charge is 0.238 e. The lowest BCUT2D eigenvalue weighted by Gasteiger charge is -2.33. The van der Waals surface area contributed by atoms with Crippen LogP contribution in [0.3, 0.4) is 0 Å². The number of aliphatic hydroxyl groups is 1. The van der Waals surface area contributed by atoms with Crippen molar-refractivity contribution < 1.29 is 9.90 Å². The summed E-state index contributed by atoms with van der Waals surface area (Å²) in [4.78, 5) is 16.3. The highest BCUT2D eigenvalue weighted by atomic mass is 16.3. The number of amides is 1. The van der Waals surface area contributed by atoms with Gasteiger partial charge in [-0.05, 0) is 24.3 Å². The third-order valence-electron chi connectivity index (χ3n) is 3.55. The topological polar surface area (TPSA) is 79.6 Å². The number of rotatable bonds is 5. The first-order chi connectivity index (χ1) is 10.2. The Morgan fingerprint density at radius 2 is 1.81 bits per heavy atom. The van der Waals surface area contributed by atoms with E-state index in [0.717, 1.165) is 26.2 Å². The second kappa shape index (κ2) is 7.74. The van der Waals surface area contributed by atoms with Crippen LogP contribution in [0.25, 0.3) is 0 Å². The Balaban J connectivity index is 1.76. The Morgan fingerprint density at radius 1 is 1.19 bits per heavy atom. The van der Waals surface area contributed by atoms with Gasteiger partial charge in [-0.15, -0.1) is 0 Å². The van der Waals surface area contributed by atoms with Crippen LogP contribution in [0.1, 0.15) is 5.56 Å². The number of aliphatic hydroxyl groups excluding tert-OH is 1. The first-order valence-electron chi connectivity index (χ1n) is 7.07. The van der Waals surface area contributed by atoms with Gasteiger partial charge in [0.15, 0.2) is 0 Å². The van der Waals surface area contributed by atoms with Crippen molar-refractivity contribution in [3.8, 4) is 6.07 Å². The number of hydrogen-bond donors (Lipinski definition) is 2. The van der Waals surface area contributed by atoms with Crippen LogP contribution in [0.4, 0.5) is 5.69 Å². The Hall–Kier alpha value is -1.94. The summed E-state index contributed by atoms with van der Waals surface area (Å²) in [5.74, 6) is -0.0460. The third kappa shape index (κ3) is 4.83. The minimum Gasteiger partial charge on any atom is -0.395 e. The standard InChI is InChI=1S/C15H20N4O2/c16-11-13-1-3-14(4-2-13)17-15(21)12-19-7-5-18(6-8-19)9-10-20/h1-4,20H,5-10,12H2,(H,17,21). The maximum absolute atomic E-state index is 12.0. The fraction of sp³-hybridized carbons (Fsp3) is 0.467. The van der Waals surface area contributed by atoms with E-state index < -0.39 is 0 Å². The summed E-state index contributed by atoms with van der Waals surface area (Å²) in [7, 11) is 0. The lowest BCUT2D eigenvalue weighted by molar-refractivity contribution is -0.117. The number of nitrogens with zero attached hydrogens (tertiary/aromatic N) is 3. The van der Waals surface area contributed by atoms with Crippen molar-refractivity contribution in [2.75, 3.05) is 51.2 Å². The number of benzene rings is 1. The van der Waals surface area contributed by atoms with Crippen molar-refractivity contribution in [1.29, 1.82) is 5.26 Å². The van der Waals surface area contributed by atoms with Crippen molar-refractivity contribution in [3.63, 3.8) is 0 Å². The van der Waals surface area contributed by atoms with Crippen LogP contribution < -0.4 is 5.32 Å². The number of nitriles is 1. The molecule has 0 bridgehead atoms. The highest BCUT2D eigenvalue weighted by Crippen LogP contribution is 2.09. The molecule has 112 valence electrons. The summed E-state index contributed by atoms with van der Waals surface area (Å²) in [6.07, 6.45) is 0. The molecule has 0 radical (unpaired) electrons. The molecular weight excluding hydrogens is 268 g/mol. The van der Waals surface area contributed by atoms with Gasteiger partial charge in [-0.1, -0.05) is 0 Å². The van der Waals surface area contributed by atoms with Crippen LogP contribution in [0, 0.1) is 11.3 Å². The van der Waals surface area contributed by atoms with Gasteiger partial charge in [0.1, 0.15) is 0 Å². The average molecular weight is 288 g/mol. The van der Waals surface area contributed by atoms with Gasteiger partial charge in [-0.3, -0.25) is 14.6 Å². The second-order valence-electron chi connectivity index (χ2n) is 5.08. The van der Waals surface area contributed by atoms with Gasteiger partial charge in [0.2, 0.25) is 5.91 Å². The molecule has 6 nitrogen and oxygen atoms in total. The van der Waals surface area contributed by atoms with E-state index >= 15 is 0 Å². The molecule has 0 aliphatic carbocycles. The maximum atomic E-state index is 12.0. The van der Waals surface area contributed by atoms with Gasteiger partial charge < -0.3 is 10.4 Å². The van der Waals surface area contributed by atoms with E-state index in [1.807, 2.05) is 6.07 Å². The molecule has 0 unspecified atom stereocenters. The molecule has 1 amide bonds. The molecule has 1 aliphatic rings. The van der Waals surface area contributed by atoms with Crippen molar-refractivity contribution in [3.05, 3.63) is 29.8 Å². The molecule has 0 spiro atoms. The molecule has 0 saturated carbocycles. The second-order valence-corrected chi connectivity index (χ2v) is 5.08. The summed E-state index contributed by atoms with van der Waals surface area (Å²) in [6, 6.07) is 8.88. The highest BCUT2D eigenvalue weighted by molar-refractivity contribution is 5.92. The van der Waals surface area contributed by atoms with Gasteiger partial charge in [0, 0.05) is 38.4 Å². The largest absolute Gasteiger partial charge is 0.395 e. The van der Waals surface area contributed by atoms with Crippen molar-refractivity contribution >= 4 is 11.6 Å². The maximum Gasteiger partial charge on any atom is 0.238 e. The van der Waals surface area contributed by atoms with E-state index in [1.165, 1.54) is 0 Å². The van der Waals surface area contributed by atoms with Crippen molar-refractivity contribution in [2.24, 2.45) is 0 Å². The number of hydrogen-bond acceptors (Lipinski definition) is 5. The SMILES string of the molecule is N#Cc1ccc(NC(=O)CN2CCN(CCO)CC2)cc1. The van der Waals surface area contributed by atoms with Gasteiger partial charge in [0.05, 0.1) is 24.8 Å². The van der Waals surface area contributed by atoms with E-state index in [-0.39, 0.29) is 12.5 Å². The van der Waals surface area contributed by atoms with Gasteiger partial charge >= 0.3 is 0 Å². The molecule has 1 fully saturated rings. The monoisotopic (exact) mass is 288 g/mol. The highest BCUT2D eigenvalue weighted by Gasteiger charge is 2.18. The van der Waals surface area contributed by atoms with Crippen LogP contribution in [0.5, 0.6) is 0 Å². The molecule has 1 aromatic rings. The van der Waals surface area contributed by atoms with E-state index in [1.54, 1.807) is 24.3 Å². The first-order valence-corrected chi connectivity index (χ1v) is 7.07. The number of carbonyl (C=O) groups excluding carboxylic acids is 1. The Morgan fingerprint density at radius 3 is 2.38 bits per heavy atom. The normalized spacial score (nSPS) is 16.4. The molecular formula is C15H20N4O2. The fourth-order valence-corrected chi connectivity index (χ4v) is 2.34. The zero-order valence-electron chi connectivity index (χ0n) is 12.0. The Kier molecular flexibility index (Phi) is 5.69. The fourth-order valence-electron chi connectivity index (χ4n) is 2.34. The quantitative estimate of drug-likeness (QED) is 0.804. The summed E-state index contributed by atoms with van der Waals surface area (Å²) in [5, 5.41) is 20.4. The average Bonchev–Trinajstić information content (AvgIpc) is 2.50. The summed E-state index contributed by atoms with van der Waals surface area (Å²) in [5.41, 5.74) is 1.28. The molecule has 1 aliphatic heterocycles. The number of carbonyl (C=O) groups is 1. The van der Waals surface area contributed by atoms with Gasteiger partial charge in [-0.2, -0.15) is 5.26 Å². The third-order valence-corrected chi connectivity index (χ3v) is 3.55. The van der Waals surface area contributed by atoms with Crippen molar-refractivity contribution in [1.82, 2.24) is 9.80 Å². The van der Waals surface area contributed by atoms with Crippen LogP contribution >= 0.6 is 0 Å². The predicted molar refractivity (Wildman–Crippen MR) is 79.8 cm³/mol. The summed E-state index contributed by atoms with van der Waals surface area (Å²) < 4.78 is 0. The zero-order valence-corrected chi connectivity index (χ0v) is 12.0. The number of β-amino-alcohol motifs (C(OH)–C–C–N with tert-alkyl or cyclic N) is 1. The van der Waals surface area contributed by atoms with E-state index in [2.05, 4.69) is 15.1 Å². The van der Waals surface area contributed by atoms with E-state index in [0.29, 0.717) is 24.3 Å². The Bertz CT molecular complexity index is 501. The van der Waals surface area contributed by atoms with E-state index in [9.17, 15) is 4.79 Å². The predicted octanol–water partition coefficient (Wildman–Crippen LogP) is 0.107. The van der Waals surface area contributed by atoms with Crippen LogP contribution in [-0.2, 0) is 4.79 Å². The zero-order chi connectivity index (χ0) is 15.1. The molecule has 0 aromatic heterocycles. The Labute approximate surface area is 124 Å². The molecule has 2 N–H and O–H groups in total.